The van der Waals surface area contributed by atoms with E-state index in [9.17, 15) is 4.79 Å². The fourth-order valence-corrected chi connectivity index (χ4v) is 1.72. The first-order valence-electron chi connectivity index (χ1n) is 6.21. The Labute approximate surface area is 117 Å². The molecule has 0 saturated heterocycles. The van der Waals surface area contributed by atoms with Crippen LogP contribution in [0.5, 0.6) is 0 Å². The van der Waals surface area contributed by atoms with Crippen LogP contribution in [0.15, 0.2) is 41.1 Å². The normalized spacial score (nSPS) is 11.3. The number of benzene rings is 1. The smallest absolute Gasteiger partial charge is 0.290 e. The van der Waals surface area contributed by atoms with Crippen molar-refractivity contribution < 1.29 is 9.32 Å². The van der Waals surface area contributed by atoms with Gasteiger partial charge in [0.05, 0.1) is 18.8 Å². The minimum absolute atomic E-state index is 0.160. The van der Waals surface area contributed by atoms with Crippen LogP contribution in [0.25, 0.3) is 0 Å². The molecule has 1 aromatic heterocycles. The molecule has 20 heavy (non-hydrogen) atoms. The molecule has 102 valence electrons. The Bertz CT molecular complexity index is 639. The van der Waals surface area contributed by atoms with E-state index in [1.807, 2.05) is 31.2 Å². The van der Waals surface area contributed by atoms with Gasteiger partial charge in [0, 0.05) is 11.6 Å². The van der Waals surface area contributed by atoms with Crippen LogP contribution in [-0.2, 0) is 0 Å². The first-order chi connectivity index (χ1) is 9.70. The van der Waals surface area contributed by atoms with Gasteiger partial charge < -0.3 is 15.6 Å². The fourth-order valence-electron chi connectivity index (χ4n) is 1.72. The number of aromatic nitrogens is 1. The molecule has 5 heteroatoms. The highest BCUT2D eigenvalue weighted by atomic mass is 16.5. The zero-order chi connectivity index (χ0) is 14.4. The number of carbonyl (C=O) groups excluding carboxylic acids is 1. The number of hydrogen-bond donors (Lipinski definition) is 2. The van der Waals surface area contributed by atoms with Crippen LogP contribution < -0.4 is 11.1 Å². The Morgan fingerprint density at radius 2 is 2.35 bits per heavy atom. The van der Waals surface area contributed by atoms with Crippen molar-refractivity contribution in [2.75, 3.05) is 6.54 Å². The summed E-state index contributed by atoms with van der Waals surface area (Å²) < 4.78 is 4.81. The van der Waals surface area contributed by atoms with Gasteiger partial charge in [0.15, 0.2) is 0 Å². The van der Waals surface area contributed by atoms with Gasteiger partial charge in [0.1, 0.15) is 0 Å². The lowest BCUT2D eigenvalue weighted by Gasteiger charge is -2.13. The summed E-state index contributed by atoms with van der Waals surface area (Å²) in [6.45, 7) is 2.21. The molecule has 1 atom stereocenters. The molecule has 2 aromatic rings. The third-order valence-corrected chi connectivity index (χ3v) is 2.73. The number of nitrogens with two attached hydrogens (primary N) is 1. The van der Waals surface area contributed by atoms with Gasteiger partial charge in [-0.2, -0.15) is 0 Å². The minimum atomic E-state index is -0.298. The van der Waals surface area contributed by atoms with Crippen LogP contribution in [0.1, 0.15) is 34.6 Å². The third-order valence-electron chi connectivity index (χ3n) is 2.73. The summed E-state index contributed by atoms with van der Waals surface area (Å²) in [6, 6.07) is 9.01. The predicted molar refractivity (Wildman–Crippen MR) is 74.8 cm³/mol. The number of carbonyl (C=O) groups is 1. The molecule has 0 aliphatic rings. The molecule has 2 rings (SSSR count). The Kier molecular flexibility index (Phi) is 4.53. The molecule has 0 aliphatic heterocycles. The maximum atomic E-state index is 11.9. The fraction of sp³-hybridized carbons (Fsp3) is 0.200. The highest BCUT2D eigenvalue weighted by molar-refractivity contribution is 5.91. The molecule has 0 fully saturated rings. The first kappa shape index (κ1) is 13.8. The van der Waals surface area contributed by atoms with Crippen molar-refractivity contribution in [1.82, 2.24) is 10.5 Å². The molecule has 5 nitrogen and oxygen atoms in total. The number of amides is 1. The van der Waals surface area contributed by atoms with Gasteiger partial charge >= 0.3 is 0 Å². The Morgan fingerprint density at radius 3 is 3.05 bits per heavy atom. The molecular weight excluding hydrogens is 254 g/mol. The third kappa shape index (κ3) is 3.46. The van der Waals surface area contributed by atoms with Gasteiger partial charge in [-0.05, 0) is 24.6 Å². The molecular formula is C15H15N3O2. The molecule has 0 radical (unpaired) electrons. The van der Waals surface area contributed by atoms with Crippen LogP contribution in [0.4, 0.5) is 0 Å². The lowest BCUT2D eigenvalue weighted by atomic mass is 10.1. The molecule has 1 aromatic carbocycles. The molecule has 1 amide bonds. The summed E-state index contributed by atoms with van der Waals surface area (Å²) >= 11 is 0. The molecule has 0 aliphatic carbocycles. The maximum Gasteiger partial charge on any atom is 0.290 e. The summed E-state index contributed by atoms with van der Waals surface area (Å²) in [4.78, 5) is 11.9. The predicted octanol–water partition coefficient (Wildman–Crippen LogP) is 1.48. The van der Waals surface area contributed by atoms with Crippen LogP contribution in [0, 0.1) is 11.8 Å². The lowest BCUT2D eigenvalue weighted by Crippen LogP contribution is -2.26. The van der Waals surface area contributed by atoms with Gasteiger partial charge in [-0.25, -0.2) is 0 Å². The minimum Gasteiger partial charge on any atom is -0.351 e. The molecule has 0 saturated carbocycles. The second-order valence-electron chi connectivity index (χ2n) is 4.20. The zero-order valence-corrected chi connectivity index (χ0v) is 11.1. The van der Waals surface area contributed by atoms with E-state index in [4.69, 9.17) is 10.3 Å². The molecule has 1 heterocycles. The van der Waals surface area contributed by atoms with E-state index in [1.165, 1.54) is 12.3 Å². The maximum absolute atomic E-state index is 11.9. The van der Waals surface area contributed by atoms with Crippen LogP contribution in [0.3, 0.4) is 0 Å². The zero-order valence-electron chi connectivity index (χ0n) is 11.1. The summed E-state index contributed by atoms with van der Waals surface area (Å²) in [7, 11) is 0. The second kappa shape index (κ2) is 6.55. The van der Waals surface area contributed by atoms with E-state index in [2.05, 4.69) is 22.3 Å². The van der Waals surface area contributed by atoms with Gasteiger partial charge in [-0.3, -0.25) is 4.79 Å². The van der Waals surface area contributed by atoms with E-state index in [0.717, 1.165) is 11.1 Å². The van der Waals surface area contributed by atoms with Crippen molar-refractivity contribution in [3.63, 3.8) is 0 Å². The molecule has 1 unspecified atom stereocenters. The van der Waals surface area contributed by atoms with Crippen molar-refractivity contribution in [3.8, 4) is 11.8 Å². The first-order valence-corrected chi connectivity index (χ1v) is 6.21. The van der Waals surface area contributed by atoms with Crippen molar-refractivity contribution >= 4 is 5.91 Å². The summed E-state index contributed by atoms with van der Waals surface area (Å²) in [5, 5.41) is 6.34. The highest BCUT2D eigenvalue weighted by Gasteiger charge is 2.14. The van der Waals surface area contributed by atoms with Crippen LogP contribution >= 0.6 is 0 Å². The Balaban J connectivity index is 2.09. The second-order valence-corrected chi connectivity index (χ2v) is 4.20. The van der Waals surface area contributed by atoms with E-state index in [1.54, 1.807) is 0 Å². The monoisotopic (exact) mass is 269 g/mol. The van der Waals surface area contributed by atoms with Crippen molar-refractivity contribution in [2.24, 2.45) is 5.73 Å². The Morgan fingerprint density at radius 1 is 1.50 bits per heavy atom. The van der Waals surface area contributed by atoms with Gasteiger partial charge in [0.25, 0.3) is 5.91 Å². The number of nitrogens with zero attached hydrogens (tertiary/aromatic N) is 1. The average molecular weight is 269 g/mol. The summed E-state index contributed by atoms with van der Waals surface area (Å²) in [6.07, 6.45) is 1.43. The average Bonchev–Trinajstić information content (AvgIpc) is 2.99. The summed E-state index contributed by atoms with van der Waals surface area (Å²) in [5.41, 5.74) is 7.18. The topological polar surface area (TPSA) is 81.2 Å². The Hall–Kier alpha value is -2.58. The SMILES string of the molecule is CC(NC(=O)c1ccno1)c1cccc(C#CCN)c1. The van der Waals surface area contributed by atoms with E-state index in [0.29, 0.717) is 6.54 Å². The number of rotatable bonds is 3. The van der Waals surface area contributed by atoms with Crippen LogP contribution in [0.2, 0.25) is 0 Å². The quantitative estimate of drug-likeness (QED) is 0.827. The van der Waals surface area contributed by atoms with Crippen molar-refractivity contribution in [2.45, 2.75) is 13.0 Å². The summed E-state index contributed by atoms with van der Waals surface area (Å²) in [5.74, 6) is 5.66. The van der Waals surface area contributed by atoms with E-state index < -0.39 is 0 Å². The van der Waals surface area contributed by atoms with Crippen molar-refractivity contribution in [1.29, 1.82) is 0 Å². The van der Waals surface area contributed by atoms with Crippen LogP contribution in [-0.4, -0.2) is 17.6 Å². The van der Waals surface area contributed by atoms with Gasteiger partial charge in [0.2, 0.25) is 5.76 Å². The molecule has 0 bridgehead atoms. The van der Waals surface area contributed by atoms with E-state index in [-0.39, 0.29) is 17.7 Å². The van der Waals surface area contributed by atoms with E-state index >= 15 is 0 Å². The standard InChI is InChI=1S/C15H15N3O2/c1-11(18-15(19)14-7-9-17-20-14)13-6-2-4-12(10-13)5-3-8-16/h2,4,6-7,9-11H,8,16H2,1H3,(H,18,19). The molecule has 3 N–H and O–H groups in total. The van der Waals surface area contributed by atoms with Crippen molar-refractivity contribution in [3.05, 3.63) is 53.4 Å². The largest absolute Gasteiger partial charge is 0.351 e. The number of hydrogen-bond acceptors (Lipinski definition) is 4. The van der Waals surface area contributed by atoms with Gasteiger partial charge in [-0.15, -0.1) is 0 Å². The highest BCUT2D eigenvalue weighted by Crippen LogP contribution is 2.14. The number of nitrogens with one attached hydrogen (secondary N) is 1. The lowest BCUT2D eigenvalue weighted by molar-refractivity contribution is 0.0902. The molecule has 0 spiro atoms. The van der Waals surface area contributed by atoms with Gasteiger partial charge in [-0.1, -0.05) is 29.1 Å².